The van der Waals surface area contributed by atoms with Crippen LogP contribution in [-0.4, -0.2) is 17.6 Å². The van der Waals surface area contributed by atoms with Crippen molar-refractivity contribution in [3.63, 3.8) is 0 Å². The first-order valence-corrected chi connectivity index (χ1v) is 4.47. The van der Waals surface area contributed by atoms with Crippen LogP contribution in [0.5, 0.6) is 0 Å². The van der Waals surface area contributed by atoms with Crippen LogP contribution in [0.15, 0.2) is 18.2 Å². The van der Waals surface area contributed by atoms with Gasteiger partial charge in [-0.1, -0.05) is 11.6 Å². The summed E-state index contributed by atoms with van der Waals surface area (Å²) in [7, 11) is 0. The van der Waals surface area contributed by atoms with E-state index in [1.165, 1.54) is 0 Å². The van der Waals surface area contributed by atoms with Gasteiger partial charge >= 0.3 is 0 Å². The summed E-state index contributed by atoms with van der Waals surface area (Å²) < 4.78 is 0. The van der Waals surface area contributed by atoms with Gasteiger partial charge in [-0.25, -0.2) is 0 Å². The van der Waals surface area contributed by atoms with Crippen LogP contribution in [0.3, 0.4) is 0 Å². The number of carbonyl (C=O) groups excluding carboxylic acids is 1. The first-order valence-electron chi connectivity index (χ1n) is 4.09. The number of hydrogen-bond acceptors (Lipinski definition) is 3. The van der Waals surface area contributed by atoms with Crippen LogP contribution in [0.2, 0.25) is 5.02 Å². The molecule has 0 bridgehead atoms. The van der Waals surface area contributed by atoms with Gasteiger partial charge in [0.1, 0.15) is 0 Å². The number of aliphatic hydroxyl groups excluding tert-OH is 1. The second-order valence-electron chi connectivity index (χ2n) is 2.75. The lowest BCUT2D eigenvalue weighted by Gasteiger charge is -2.07. The summed E-state index contributed by atoms with van der Waals surface area (Å²) >= 11 is 5.72. The molecule has 4 N–H and O–H groups in total. The van der Waals surface area contributed by atoms with E-state index in [0.717, 1.165) is 0 Å². The highest BCUT2D eigenvalue weighted by molar-refractivity contribution is 6.31. The van der Waals surface area contributed by atoms with Gasteiger partial charge in [0.25, 0.3) is 0 Å². The van der Waals surface area contributed by atoms with Crippen LogP contribution in [0, 0.1) is 0 Å². The Kier molecular flexibility index (Phi) is 3.73. The van der Waals surface area contributed by atoms with Gasteiger partial charge in [0.15, 0.2) is 0 Å². The number of carbonyl (C=O) groups is 1. The van der Waals surface area contributed by atoms with Crippen molar-refractivity contribution in [2.75, 3.05) is 17.7 Å². The topological polar surface area (TPSA) is 75.3 Å². The summed E-state index contributed by atoms with van der Waals surface area (Å²) in [5.74, 6) is -0.290. The summed E-state index contributed by atoms with van der Waals surface area (Å²) in [5, 5.41) is 11.6. The van der Waals surface area contributed by atoms with E-state index < -0.39 is 0 Å². The summed E-state index contributed by atoms with van der Waals surface area (Å²) in [6.45, 7) is -0.188. The lowest BCUT2D eigenvalue weighted by atomic mass is 10.2. The average Bonchev–Trinajstić information content (AvgIpc) is 2.12. The van der Waals surface area contributed by atoms with Crippen LogP contribution < -0.4 is 11.1 Å². The third-order valence-electron chi connectivity index (χ3n) is 1.63. The van der Waals surface area contributed by atoms with Crippen LogP contribution in [-0.2, 0) is 4.79 Å². The largest absolute Gasteiger partial charge is 0.397 e. The lowest BCUT2D eigenvalue weighted by Crippen LogP contribution is -2.13. The third-order valence-corrected chi connectivity index (χ3v) is 1.86. The van der Waals surface area contributed by atoms with E-state index >= 15 is 0 Å². The van der Waals surface area contributed by atoms with Gasteiger partial charge in [-0.2, -0.15) is 0 Å². The average molecular weight is 215 g/mol. The molecule has 0 atom stereocenters. The van der Waals surface area contributed by atoms with Gasteiger partial charge < -0.3 is 16.2 Å². The fourth-order valence-electron chi connectivity index (χ4n) is 0.951. The molecule has 1 aromatic rings. The first kappa shape index (κ1) is 10.8. The van der Waals surface area contributed by atoms with Crippen molar-refractivity contribution >= 4 is 28.9 Å². The highest BCUT2D eigenvalue weighted by Crippen LogP contribution is 2.22. The van der Waals surface area contributed by atoms with E-state index in [2.05, 4.69) is 5.32 Å². The molecule has 0 saturated carbocycles. The van der Waals surface area contributed by atoms with Crippen molar-refractivity contribution in [3.8, 4) is 0 Å². The standard InChI is InChI=1S/C9H11ClN2O2/c10-6-1-2-7(11)8(5-6)12-9(14)3-4-13/h1-2,5,13H,3-4,11H2,(H,12,14). The van der Waals surface area contributed by atoms with Crippen molar-refractivity contribution < 1.29 is 9.90 Å². The van der Waals surface area contributed by atoms with E-state index in [1.54, 1.807) is 18.2 Å². The van der Waals surface area contributed by atoms with Crippen molar-refractivity contribution in [1.29, 1.82) is 0 Å². The number of hydrogen-bond donors (Lipinski definition) is 3. The minimum atomic E-state index is -0.290. The number of nitrogen functional groups attached to an aromatic ring is 1. The molecule has 14 heavy (non-hydrogen) atoms. The maximum Gasteiger partial charge on any atom is 0.226 e. The van der Waals surface area contributed by atoms with Gasteiger partial charge in [0, 0.05) is 5.02 Å². The monoisotopic (exact) mass is 214 g/mol. The number of aliphatic hydroxyl groups is 1. The quantitative estimate of drug-likeness (QED) is 0.663. The molecule has 0 unspecified atom stereocenters. The molecule has 1 amide bonds. The van der Waals surface area contributed by atoms with Crippen molar-refractivity contribution in [1.82, 2.24) is 0 Å². The minimum absolute atomic E-state index is 0.0476. The Hall–Kier alpha value is -1.26. The summed E-state index contributed by atoms with van der Waals surface area (Å²) in [5.41, 5.74) is 6.51. The Bertz CT molecular complexity index is 342. The molecule has 76 valence electrons. The Morgan fingerprint density at radius 1 is 1.57 bits per heavy atom. The molecule has 0 heterocycles. The number of benzene rings is 1. The smallest absolute Gasteiger partial charge is 0.226 e. The van der Waals surface area contributed by atoms with E-state index in [4.69, 9.17) is 22.4 Å². The number of rotatable bonds is 3. The molecule has 0 aliphatic heterocycles. The molecular weight excluding hydrogens is 204 g/mol. The third kappa shape index (κ3) is 2.90. The number of nitrogens with one attached hydrogen (secondary N) is 1. The van der Waals surface area contributed by atoms with Crippen LogP contribution in [0.1, 0.15) is 6.42 Å². The highest BCUT2D eigenvalue weighted by atomic mass is 35.5. The highest BCUT2D eigenvalue weighted by Gasteiger charge is 2.04. The number of anilines is 2. The Balaban J connectivity index is 2.75. The molecular formula is C9H11ClN2O2. The normalized spacial score (nSPS) is 9.86. The molecule has 0 saturated heterocycles. The molecule has 1 rings (SSSR count). The second kappa shape index (κ2) is 4.83. The maximum absolute atomic E-state index is 11.1. The van der Waals surface area contributed by atoms with Crippen molar-refractivity contribution in [2.24, 2.45) is 0 Å². The van der Waals surface area contributed by atoms with Crippen molar-refractivity contribution in [2.45, 2.75) is 6.42 Å². The van der Waals surface area contributed by atoms with Crippen molar-refractivity contribution in [3.05, 3.63) is 23.2 Å². The van der Waals surface area contributed by atoms with E-state index in [1.807, 2.05) is 0 Å². The van der Waals surface area contributed by atoms with Crippen LogP contribution >= 0.6 is 11.6 Å². The SMILES string of the molecule is Nc1ccc(Cl)cc1NC(=O)CCO. The van der Waals surface area contributed by atoms with Crippen LogP contribution in [0.25, 0.3) is 0 Å². The van der Waals surface area contributed by atoms with E-state index in [0.29, 0.717) is 16.4 Å². The molecule has 5 heteroatoms. The first-order chi connectivity index (χ1) is 6.63. The fourth-order valence-corrected chi connectivity index (χ4v) is 1.12. The number of nitrogens with two attached hydrogens (primary N) is 1. The molecule has 0 fully saturated rings. The predicted molar refractivity (Wildman–Crippen MR) is 56.2 cm³/mol. The van der Waals surface area contributed by atoms with Gasteiger partial charge in [-0.15, -0.1) is 0 Å². The lowest BCUT2D eigenvalue weighted by molar-refractivity contribution is -0.116. The van der Waals surface area contributed by atoms with Gasteiger partial charge in [-0.3, -0.25) is 4.79 Å². The molecule has 0 aromatic heterocycles. The van der Waals surface area contributed by atoms with Gasteiger partial charge in [-0.05, 0) is 18.2 Å². The summed E-state index contributed by atoms with van der Waals surface area (Å²) in [6.07, 6.45) is 0.0476. The molecule has 0 spiro atoms. The Morgan fingerprint density at radius 2 is 2.29 bits per heavy atom. The molecule has 0 radical (unpaired) electrons. The van der Waals surface area contributed by atoms with Gasteiger partial charge in [0.2, 0.25) is 5.91 Å². The molecule has 0 aliphatic rings. The number of halogens is 1. The molecule has 0 aliphatic carbocycles. The van der Waals surface area contributed by atoms with E-state index in [-0.39, 0.29) is 18.9 Å². The zero-order valence-corrected chi connectivity index (χ0v) is 8.21. The minimum Gasteiger partial charge on any atom is -0.397 e. The second-order valence-corrected chi connectivity index (χ2v) is 3.19. The molecule has 4 nitrogen and oxygen atoms in total. The summed E-state index contributed by atoms with van der Waals surface area (Å²) in [6, 6.07) is 4.81. The predicted octanol–water partition coefficient (Wildman–Crippen LogP) is 1.24. The molecule has 1 aromatic carbocycles. The zero-order valence-electron chi connectivity index (χ0n) is 7.46. The van der Waals surface area contributed by atoms with Crippen LogP contribution in [0.4, 0.5) is 11.4 Å². The number of amides is 1. The Labute approximate surface area is 86.7 Å². The zero-order chi connectivity index (χ0) is 10.6. The maximum atomic E-state index is 11.1. The Morgan fingerprint density at radius 3 is 2.93 bits per heavy atom. The van der Waals surface area contributed by atoms with Gasteiger partial charge in [0.05, 0.1) is 24.4 Å². The van der Waals surface area contributed by atoms with E-state index in [9.17, 15) is 4.79 Å². The summed E-state index contributed by atoms with van der Waals surface area (Å²) in [4.78, 5) is 11.1. The fraction of sp³-hybridized carbons (Fsp3) is 0.222.